The average molecular weight is 252 g/mol. The lowest BCUT2D eigenvalue weighted by molar-refractivity contribution is 0.288. The highest BCUT2D eigenvalue weighted by molar-refractivity contribution is 7.10. The highest BCUT2D eigenvalue weighted by atomic mass is 35.5. The second kappa shape index (κ2) is 4.00. The lowest BCUT2D eigenvalue weighted by Crippen LogP contribution is -2.22. The van der Waals surface area contributed by atoms with E-state index in [0.29, 0.717) is 6.61 Å². The van der Waals surface area contributed by atoms with Crippen molar-refractivity contribution in [3.63, 3.8) is 0 Å². The molecule has 0 bridgehead atoms. The molecule has 1 aromatic heterocycles. The molecule has 16 heavy (non-hydrogen) atoms. The first-order valence-corrected chi connectivity index (χ1v) is 6.31. The molecule has 1 aliphatic rings. The zero-order chi connectivity index (χ0) is 11.0. The van der Waals surface area contributed by atoms with Crippen molar-refractivity contribution in [1.29, 1.82) is 0 Å². The molecular weight excluding hydrogens is 242 g/mol. The van der Waals surface area contributed by atoms with E-state index in [4.69, 9.17) is 16.3 Å². The van der Waals surface area contributed by atoms with Crippen molar-refractivity contribution in [2.75, 3.05) is 11.9 Å². The molecule has 1 aliphatic heterocycles. The molecule has 2 aromatic rings. The van der Waals surface area contributed by atoms with Gasteiger partial charge in [-0.1, -0.05) is 17.7 Å². The molecule has 2 heterocycles. The van der Waals surface area contributed by atoms with Crippen molar-refractivity contribution >= 4 is 28.6 Å². The molecule has 3 rings (SSSR count). The minimum atomic E-state index is 0.228. The number of hydrogen-bond acceptors (Lipinski definition) is 3. The lowest BCUT2D eigenvalue weighted by Gasteiger charge is -2.26. The maximum Gasteiger partial charge on any atom is 0.142 e. The van der Waals surface area contributed by atoms with Gasteiger partial charge in [0.2, 0.25) is 0 Å². The van der Waals surface area contributed by atoms with E-state index in [2.05, 4.69) is 22.8 Å². The molecule has 0 unspecified atom stereocenters. The van der Waals surface area contributed by atoms with Crippen LogP contribution in [-0.2, 0) is 0 Å². The standard InChI is InChI=1S/C12H10ClNOS/c13-8-3-4-11-9(6-8)14-10(7-15-11)12-2-1-5-16-12/h1-6,10,14H,7H2/t10-/m0/s1. The van der Waals surface area contributed by atoms with Crippen LogP contribution in [0.25, 0.3) is 0 Å². The van der Waals surface area contributed by atoms with E-state index in [1.807, 2.05) is 18.2 Å². The van der Waals surface area contributed by atoms with E-state index in [9.17, 15) is 0 Å². The van der Waals surface area contributed by atoms with Gasteiger partial charge >= 0.3 is 0 Å². The van der Waals surface area contributed by atoms with E-state index in [1.165, 1.54) is 4.88 Å². The Bertz CT molecular complexity index is 498. The van der Waals surface area contributed by atoms with E-state index in [0.717, 1.165) is 16.5 Å². The van der Waals surface area contributed by atoms with Crippen LogP contribution in [0.1, 0.15) is 10.9 Å². The Morgan fingerprint density at radius 1 is 1.38 bits per heavy atom. The number of nitrogens with one attached hydrogen (secondary N) is 1. The number of anilines is 1. The third-order valence-electron chi connectivity index (χ3n) is 2.56. The molecular formula is C12H10ClNOS. The largest absolute Gasteiger partial charge is 0.489 e. The average Bonchev–Trinajstić information content (AvgIpc) is 2.81. The summed E-state index contributed by atoms with van der Waals surface area (Å²) in [5.74, 6) is 0.872. The molecule has 4 heteroatoms. The highest BCUT2D eigenvalue weighted by Crippen LogP contribution is 2.36. The van der Waals surface area contributed by atoms with Gasteiger partial charge < -0.3 is 10.1 Å². The van der Waals surface area contributed by atoms with Crippen LogP contribution < -0.4 is 10.1 Å². The monoisotopic (exact) mass is 251 g/mol. The Morgan fingerprint density at radius 2 is 2.31 bits per heavy atom. The van der Waals surface area contributed by atoms with Gasteiger partial charge in [-0.25, -0.2) is 0 Å². The molecule has 1 aromatic carbocycles. The van der Waals surface area contributed by atoms with Gasteiger partial charge in [0.05, 0.1) is 11.7 Å². The fraction of sp³-hybridized carbons (Fsp3) is 0.167. The summed E-state index contributed by atoms with van der Waals surface area (Å²) in [4.78, 5) is 1.28. The molecule has 1 N–H and O–H groups in total. The Morgan fingerprint density at radius 3 is 3.12 bits per heavy atom. The maximum atomic E-state index is 5.96. The second-order valence-corrected chi connectivity index (χ2v) is 5.08. The molecule has 0 amide bonds. The van der Waals surface area contributed by atoms with Crippen LogP contribution >= 0.6 is 22.9 Å². The third kappa shape index (κ3) is 1.77. The molecule has 0 spiro atoms. The first-order chi connectivity index (χ1) is 7.83. The smallest absolute Gasteiger partial charge is 0.142 e. The van der Waals surface area contributed by atoms with Gasteiger partial charge in [0, 0.05) is 9.90 Å². The predicted molar refractivity (Wildman–Crippen MR) is 67.6 cm³/mol. The Kier molecular flexibility index (Phi) is 2.50. The SMILES string of the molecule is Clc1ccc2c(c1)N[C@H](c1cccs1)CO2. The first-order valence-electron chi connectivity index (χ1n) is 5.05. The molecule has 82 valence electrons. The zero-order valence-corrected chi connectivity index (χ0v) is 10.0. The summed E-state index contributed by atoms with van der Waals surface area (Å²) < 4.78 is 5.70. The van der Waals surface area contributed by atoms with Crippen LogP contribution in [-0.4, -0.2) is 6.61 Å². The Hall–Kier alpha value is -1.19. The van der Waals surface area contributed by atoms with Crippen LogP contribution in [0.4, 0.5) is 5.69 Å². The van der Waals surface area contributed by atoms with Crippen molar-refractivity contribution < 1.29 is 4.74 Å². The molecule has 0 saturated heterocycles. The molecule has 0 radical (unpaired) electrons. The van der Waals surface area contributed by atoms with Gasteiger partial charge in [0.25, 0.3) is 0 Å². The van der Waals surface area contributed by atoms with Gasteiger partial charge in [-0.2, -0.15) is 0 Å². The number of benzene rings is 1. The maximum absolute atomic E-state index is 5.96. The molecule has 0 fully saturated rings. The zero-order valence-electron chi connectivity index (χ0n) is 8.44. The first kappa shape index (κ1) is 10.00. The van der Waals surface area contributed by atoms with Gasteiger partial charge in [0.15, 0.2) is 0 Å². The number of ether oxygens (including phenoxy) is 1. The number of halogens is 1. The van der Waals surface area contributed by atoms with E-state index in [-0.39, 0.29) is 6.04 Å². The molecule has 2 nitrogen and oxygen atoms in total. The van der Waals surface area contributed by atoms with Crippen LogP contribution in [0.15, 0.2) is 35.7 Å². The molecule has 1 atom stereocenters. The minimum absolute atomic E-state index is 0.228. The van der Waals surface area contributed by atoms with Crippen molar-refractivity contribution in [3.8, 4) is 5.75 Å². The summed E-state index contributed by atoms with van der Waals surface area (Å²) in [6.07, 6.45) is 0. The van der Waals surface area contributed by atoms with Gasteiger partial charge in [-0.3, -0.25) is 0 Å². The van der Waals surface area contributed by atoms with Gasteiger partial charge in [0.1, 0.15) is 12.4 Å². The summed E-state index contributed by atoms with van der Waals surface area (Å²) in [5, 5.41) is 6.24. The van der Waals surface area contributed by atoms with Crippen molar-refractivity contribution in [3.05, 3.63) is 45.6 Å². The number of rotatable bonds is 1. The topological polar surface area (TPSA) is 21.3 Å². The van der Waals surface area contributed by atoms with Crippen molar-refractivity contribution in [2.45, 2.75) is 6.04 Å². The highest BCUT2D eigenvalue weighted by Gasteiger charge is 2.20. The van der Waals surface area contributed by atoms with E-state index in [1.54, 1.807) is 11.3 Å². The van der Waals surface area contributed by atoms with Crippen molar-refractivity contribution in [2.24, 2.45) is 0 Å². The van der Waals surface area contributed by atoms with Crippen LogP contribution in [0.5, 0.6) is 5.75 Å². The molecule has 0 saturated carbocycles. The second-order valence-electron chi connectivity index (χ2n) is 3.66. The van der Waals surface area contributed by atoms with E-state index < -0.39 is 0 Å². The van der Waals surface area contributed by atoms with Crippen LogP contribution in [0, 0.1) is 0 Å². The number of thiophene rings is 1. The predicted octanol–water partition coefficient (Wildman–Crippen LogP) is 3.95. The fourth-order valence-corrected chi connectivity index (χ4v) is 2.72. The molecule has 0 aliphatic carbocycles. The normalized spacial score (nSPS) is 18.4. The lowest BCUT2D eigenvalue weighted by atomic mass is 10.2. The van der Waals surface area contributed by atoms with E-state index >= 15 is 0 Å². The van der Waals surface area contributed by atoms with Gasteiger partial charge in [-0.15, -0.1) is 11.3 Å². The third-order valence-corrected chi connectivity index (χ3v) is 3.78. The summed E-state index contributed by atoms with van der Waals surface area (Å²) in [6.45, 7) is 0.662. The Balaban J connectivity index is 1.91. The minimum Gasteiger partial charge on any atom is -0.489 e. The van der Waals surface area contributed by atoms with Gasteiger partial charge in [-0.05, 0) is 29.6 Å². The van der Waals surface area contributed by atoms with Crippen LogP contribution in [0.3, 0.4) is 0 Å². The van der Waals surface area contributed by atoms with Crippen LogP contribution in [0.2, 0.25) is 5.02 Å². The summed E-state index contributed by atoms with van der Waals surface area (Å²) in [7, 11) is 0. The number of hydrogen-bond donors (Lipinski definition) is 1. The van der Waals surface area contributed by atoms with Crippen molar-refractivity contribution in [1.82, 2.24) is 0 Å². The summed E-state index contributed by atoms with van der Waals surface area (Å²) >= 11 is 7.69. The Labute approximate surface area is 103 Å². The summed E-state index contributed by atoms with van der Waals surface area (Å²) in [6, 6.07) is 10.0. The fourth-order valence-electron chi connectivity index (χ4n) is 1.79. The quantitative estimate of drug-likeness (QED) is 0.829. The number of fused-ring (bicyclic) bond motifs is 1. The summed E-state index contributed by atoms with van der Waals surface area (Å²) in [5.41, 5.74) is 0.970.